The Balaban J connectivity index is 4.25. The molecule has 0 spiro atoms. The van der Waals surface area contributed by atoms with Crippen molar-refractivity contribution in [3.05, 3.63) is 0 Å². The molecule has 2 atom stereocenters. The van der Waals surface area contributed by atoms with Gasteiger partial charge in [0, 0.05) is 5.92 Å². The van der Waals surface area contributed by atoms with E-state index < -0.39 is 23.7 Å². The number of carboxylic acid groups (broad SMARTS) is 1. The molecule has 0 fully saturated rings. The van der Waals surface area contributed by atoms with Crippen molar-refractivity contribution in [3.8, 4) is 0 Å². The van der Waals surface area contributed by atoms with E-state index in [-0.39, 0.29) is 0 Å². The summed E-state index contributed by atoms with van der Waals surface area (Å²) < 4.78 is 0. The number of carboxylic acids is 1. The molecule has 0 aliphatic rings. The van der Waals surface area contributed by atoms with Gasteiger partial charge < -0.3 is 21.1 Å². The lowest BCUT2D eigenvalue weighted by Crippen LogP contribution is -2.48. The Kier molecular flexibility index (Phi) is 2.98. The number of nitrogens with two attached hydrogens (primary N) is 1. The lowest BCUT2D eigenvalue weighted by Gasteiger charge is -2.26. The Labute approximate surface area is 64.4 Å². The minimum atomic E-state index is -2.04. The Bertz CT molecular complexity index is 151. The molecular weight excluding hydrogens is 150 g/mol. The fraction of sp³-hybridized carbons (Fsp3) is 0.833. The molecule has 0 amide bonds. The second kappa shape index (κ2) is 3.17. The Morgan fingerprint density at radius 1 is 1.55 bits per heavy atom. The van der Waals surface area contributed by atoms with Crippen LogP contribution in [-0.2, 0) is 4.79 Å². The molecule has 0 unspecified atom stereocenters. The minimum Gasteiger partial charge on any atom is -0.480 e. The highest BCUT2D eigenvalue weighted by atomic mass is 16.5. The van der Waals surface area contributed by atoms with Crippen molar-refractivity contribution in [3.63, 3.8) is 0 Å². The molecule has 0 bridgehead atoms. The fourth-order valence-electron chi connectivity index (χ4n) is 0.554. The number of aliphatic hydroxyl groups is 2. The summed E-state index contributed by atoms with van der Waals surface area (Å²) in [5.41, 5.74) is 5.13. The zero-order valence-corrected chi connectivity index (χ0v) is 6.48. The maximum absolute atomic E-state index is 10.2. The second-order valence-electron chi connectivity index (χ2n) is 2.75. The summed E-state index contributed by atoms with van der Waals surface area (Å²) in [5, 5.41) is 26.2. The normalized spacial score (nSPS) is 17.5. The van der Waals surface area contributed by atoms with Gasteiger partial charge in [-0.05, 0) is 6.92 Å². The molecule has 5 nitrogen and oxygen atoms in total. The van der Waals surface area contributed by atoms with E-state index in [4.69, 9.17) is 21.1 Å². The van der Waals surface area contributed by atoms with Crippen LogP contribution in [0, 0.1) is 5.92 Å². The Hall–Kier alpha value is -0.650. The van der Waals surface area contributed by atoms with Gasteiger partial charge in [-0.25, -0.2) is 0 Å². The number of hydrogen-bond donors (Lipinski definition) is 4. The molecule has 5 heteroatoms. The molecule has 0 aliphatic carbocycles. The lowest BCUT2D eigenvalue weighted by atomic mass is 9.94. The number of hydrogen-bond acceptors (Lipinski definition) is 4. The van der Waals surface area contributed by atoms with E-state index >= 15 is 0 Å². The molecule has 0 saturated heterocycles. The minimum absolute atomic E-state index is 0.903. The monoisotopic (exact) mass is 163 g/mol. The van der Waals surface area contributed by atoms with E-state index in [0.717, 1.165) is 6.92 Å². The van der Waals surface area contributed by atoms with Gasteiger partial charge >= 0.3 is 5.97 Å². The molecule has 0 aromatic rings. The zero-order chi connectivity index (χ0) is 9.23. The summed E-state index contributed by atoms with van der Waals surface area (Å²) in [6.45, 7) is 2.46. The van der Waals surface area contributed by atoms with E-state index in [2.05, 4.69) is 0 Å². The largest absolute Gasteiger partial charge is 0.480 e. The van der Waals surface area contributed by atoms with Crippen LogP contribution < -0.4 is 5.73 Å². The predicted molar refractivity (Wildman–Crippen MR) is 37.6 cm³/mol. The zero-order valence-electron chi connectivity index (χ0n) is 6.48. The molecule has 0 aromatic carbocycles. The lowest BCUT2D eigenvalue weighted by molar-refractivity contribution is -0.190. The summed E-state index contributed by atoms with van der Waals surface area (Å²) in [6.07, 6.45) is 0. The van der Waals surface area contributed by atoms with E-state index in [1.165, 1.54) is 6.92 Å². The van der Waals surface area contributed by atoms with Crippen molar-refractivity contribution >= 4 is 5.97 Å². The molecule has 0 rings (SSSR count). The highest BCUT2D eigenvalue weighted by Crippen LogP contribution is 2.15. The molecule has 11 heavy (non-hydrogen) atoms. The van der Waals surface area contributed by atoms with Crippen molar-refractivity contribution in [2.75, 3.05) is 0 Å². The van der Waals surface area contributed by atoms with E-state index in [1.807, 2.05) is 0 Å². The van der Waals surface area contributed by atoms with E-state index in [9.17, 15) is 4.79 Å². The van der Waals surface area contributed by atoms with Crippen molar-refractivity contribution in [2.45, 2.75) is 25.7 Å². The molecule has 5 N–H and O–H groups in total. The van der Waals surface area contributed by atoms with Crippen molar-refractivity contribution < 1.29 is 20.1 Å². The molecule has 66 valence electrons. The standard InChI is InChI=1S/C6H13NO4/c1-3(6(2,10)11)4(7)5(8)9/h3-4,10-11H,7H2,1-2H3,(H,8,9)/t3-,4+/m1/s1. The van der Waals surface area contributed by atoms with Crippen molar-refractivity contribution in [1.82, 2.24) is 0 Å². The van der Waals surface area contributed by atoms with Gasteiger partial charge in [0.05, 0.1) is 0 Å². The Morgan fingerprint density at radius 2 is 1.91 bits per heavy atom. The summed E-state index contributed by atoms with van der Waals surface area (Å²) in [6, 6.07) is -1.25. The highest BCUT2D eigenvalue weighted by molar-refractivity contribution is 5.73. The summed E-state index contributed by atoms with van der Waals surface area (Å²) >= 11 is 0. The van der Waals surface area contributed by atoms with Gasteiger partial charge in [-0.2, -0.15) is 0 Å². The first-order chi connectivity index (χ1) is 4.76. The van der Waals surface area contributed by atoms with Crippen LogP contribution in [-0.4, -0.2) is 33.1 Å². The third-order valence-corrected chi connectivity index (χ3v) is 1.69. The third kappa shape index (κ3) is 2.83. The van der Waals surface area contributed by atoms with Crippen LogP contribution >= 0.6 is 0 Å². The maximum Gasteiger partial charge on any atom is 0.320 e. The van der Waals surface area contributed by atoms with Gasteiger partial charge in [0.15, 0.2) is 5.79 Å². The first kappa shape index (κ1) is 10.3. The number of rotatable bonds is 3. The van der Waals surface area contributed by atoms with Crippen LogP contribution in [0.1, 0.15) is 13.8 Å². The molecule has 0 aromatic heterocycles. The first-order valence-corrected chi connectivity index (χ1v) is 3.20. The van der Waals surface area contributed by atoms with Crippen molar-refractivity contribution in [1.29, 1.82) is 0 Å². The first-order valence-electron chi connectivity index (χ1n) is 3.20. The van der Waals surface area contributed by atoms with Crippen LogP contribution in [0.15, 0.2) is 0 Å². The molecule has 0 saturated carbocycles. The molecule has 0 radical (unpaired) electrons. The molecule has 0 heterocycles. The van der Waals surface area contributed by atoms with Gasteiger partial charge in [-0.15, -0.1) is 0 Å². The average Bonchev–Trinajstić information content (AvgIpc) is 1.82. The topological polar surface area (TPSA) is 104 Å². The second-order valence-corrected chi connectivity index (χ2v) is 2.75. The SMILES string of the molecule is C[C@H]([C@H](N)C(=O)O)C(C)(O)O. The van der Waals surface area contributed by atoms with E-state index in [0.29, 0.717) is 0 Å². The fourth-order valence-corrected chi connectivity index (χ4v) is 0.554. The van der Waals surface area contributed by atoms with Crippen LogP contribution in [0.5, 0.6) is 0 Å². The van der Waals surface area contributed by atoms with Crippen LogP contribution in [0.3, 0.4) is 0 Å². The predicted octanol–water partition coefficient (Wildman–Crippen LogP) is -1.26. The Morgan fingerprint density at radius 3 is 2.00 bits per heavy atom. The van der Waals surface area contributed by atoms with Gasteiger partial charge in [0.25, 0.3) is 0 Å². The quantitative estimate of drug-likeness (QED) is 0.388. The van der Waals surface area contributed by atoms with E-state index in [1.54, 1.807) is 0 Å². The smallest absolute Gasteiger partial charge is 0.320 e. The van der Waals surface area contributed by atoms with Gasteiger partial charge in [-0.3, -0.25) is 4.79 Å². The molecule has 0 aliphatic heterocycles. The number of aliphatic carboxylic acids is 1. The summed E-state index contributed by atoms with van der Waals surface area (Å²) in [5.74, 6) is -4.19. The van der Waals surface area contributed by atoms with Gasteiger partial charge in [0.2, 0.25) is 0 Å². The van der Waals surface area contributed by atoms with Gasteiger partial charge in [-0.1, -0.05) is 6.92 Å². The average molecular weight is 163 g/mol. The maximum atomic E-state index is 10.2. The summed E-state index contributed by atoms with van der Waals surface area (Å²) in [4.78, 5) is 10.2. The van der Waals surface area contributed by atoms with Crippen LogP contribution in [0.2, 0.25) is 0 Å². The third-order valence-electron chi connectivity index (χ3n) is 1.69. The van der Waals surface area contributed by atoms with Gasteiger partial charge in [0.1, 0.15) is 6.04 Å². The van der Waals surface area contributed by atoms with Crippen LogP contribution in [0.25, 0.3) is 0 Å². The van der Waals surface area contributed by atoms with Crippen molar-refractivity contribution in [2.24, 2.45) is 11.7 Å². The summed E-state index contributed by atoms with van der Waals surface area (Å²) in [7, 11) is 0. The van der Waals surface area contributed by atoms with Crippen LogP contribution in [0.4, 0.5) is 0 Å². The molecular formula is C6H13NO4. The highest BCUT2D eigenvalue weighted by Gasteiger charge is 2.33. The number of carbonyl (C=O) groups is 1.